The molecule has 4 rings (SSSR count). The largest absolute Gasteiger partial charge is 0.335 e. The normalized spacial score (nSPS) is 15.7. The van der Waals surface area contributed by atoms with Crippen molar-refractivity contribution < 1.29 is 4.79 Å². The summed E-state index contributed by atoms with van der Waals surface area (Å²) < 4.78 is 1.91. The second-order valence-corrected chi connectivity index (χ2v) is 7.00. The van der Waals surface area contributed by atoms with Crippen LogP contribution in [0.5, 0.6) is 0 Å². The molecule has 1 aliphatic rings. The van der Waals surface area contributed by atoms with Gasteiger partial charge in [0.25, 0.3) is 5.91 Å². The van der Waals surface area contributed by atoms with Crippen molar-refractivity contribution in [2.24, 2.45) is 0 Å². The molecule has 0 atom stereocenters. The summed E-state index contributed by atoms with van der Waals surface area (Å²) in [5.74, 6) is 0.0239. The Morgan fingerprint density at radius 3 is 2.67 bits per heavy atom. The number of carbonyl (C=O) groups is 1. The minimum Gasteiger partial charge on any atom is -0.335 e. The molecule has 0 N–H and O–H groups in total. The van der Waals surface area contributed by atoms with E-state index in [0.29, 0.717) is 5.69 Å². The van der Waals surface area contributed by atoms with Gasteiger partial charge in [0.2, 0.25) is 0 Å². The third kappa shape index (κ3) is 4.09. The van der Waals surface area contributed by atoms with Gasteiger partial charge < -0.3 is 9.30 Å². The molecule has 0 aliphatic carbocycles. The van der Waals surface area contributed by atoms with Gasteiger partial charge in [-0.05, 0) is 30.2 Å². The Morgan fingerprint density at radius 2 is 1.89 bits per heavy atom. The Hall–Kier alpha value is -2.92. The van der Waals surface area contributed by atoms with Gasteiger partial charge in [0.1, 0.15) is 11.3 Å². The number of pyridine rings is 1. The molecule has 1 saturated heterocycles. The maximum absolute atomic E-state index is 12.8. The van der Waals surface area contributed by atoms with E-state index in [1.165, 1.54) is 5.56 Å². The lowest BCUT2D eigenvalue weighted by Gasteiger charge is -2.33. The first-order chi connectivity index (χ1) is 13.2. The summed E-state index contributed by atoms with van der Waals surface area (Å²) in [4.78, 5) is 21.6. The van der Waals surface area contributed by atoms with E-state index in [-0.39, 0.29) is 5.91 Å². The monoisotopic (exact) mass is 360 g/mol. The van der Waals surface area contributed by atoms with Crippen molar-refractivity contribution >= 4 is 17.6 Å². The van der Waals surface area contributed by atoms with Crippen LogP contribution in [-0.4, -0.2) is 57.8 Å². The number of aromatic nitrogens is 2. The van der Waals surface area contributed by atoms with Gasteiger partial charge in [0.05, 0.1) is 0 Å². The van der Waals surface area contributed by atoms with E-state index in [2.05, 4.69) is 34.2 Å². The quantitative estimate of drug-likeness (QED) is 0.718. The van der Waals surface area contributed by atoms with E-state index in [4.69, 9.17) is 0 Å². The summed E-state index contributed by atoms with van der Waals surface area (Å²) in [7, 11) is 0. The highest BCUT2D eigenvalue weighted by atomic mass is 16.2. The zero-order valence-electron chi connectivity index (χ0n) is 15.6. The van der Waals surface area contributed by atoms with E-state index >= 15 is 0 Å². The van der Waals surface area contributed by atoms with Crippen molar-refractivity contribution in [1.82, 2.24) is 19.2 Å². The standard InChI is InChI=1S/C22H24N4O/c1-18-9-11-26-17-20(23-21(26)16-18)22(27)25-14-12-24(13-15-25)10-5-8-19-6-3-2-4-7-19/h2-9,11,16-17H,10,12-15H2,1H3. The van der Waals surface area contributed by atoms with E-state index < -0.39 is 0 Å². The molecule has 1 aliphatic heterocycles. The summed E-state index contributed by atoms with van der Waals surface area (Å²) in [5, 5.41) is 0. The number of hydrogen-bond acceptors (Lipinski definition) is 3. The average molecular weight is 360 g/mol. The fourth-order valence-electron chi connectivity index (χ4n) is 3.38. The van der Waals surface area contributed by atoms with Crippen LogP contribution in [0.4, 0.5) is 0 Å². The van der Waals surface area contributed by atoms with E-state index in [0.717, 1.165) is 43.9 Å². The van der Waals surface area contributed by atoms with Gasteiger partial charge in [-0.2, -0.15) is 0 Å². The summed E-state index contributed by atoms with van der Waals surface area (Å²) in [6, 6.07) is 14.3. The molecule has 0 saturated carbocycles. The van der Waals surface area contributed by atoms with Crippen LogP contribution in [-0.2, 0) is 0 Å². The first-order valence-electron chi connectivity index (χ1n) is 9.38. The minimum atomic E-state index is 0.0239. The number of aryl methyl sites for hydroxylation is 1. The van der Waals surface area contributed by atoms with Crippen LogP contribution in [0, 0.1) is 6.92 Å². The molecule has 0 unspecified atom stereocenters. The molecule has 138 valence electrons. The minimum absolute atomic E-state index is 0.0239. The van der Waals surface area contributed by atoms with E-state index in [1.807, 2.05) is 58.9 Å². The van der Waals surface area contributed by atoms with Crippen molar-refractivity contribution in [3.63, 3.8) is 0 Å². The first kappa shape index (κ1) is 17.5. The summed E-state index contributed by atoms with van der Waals surface area (Å²) >= 11 is 0. The van der Waals surface area contributed by atoms with Gasteiger partial charge in [-0.25, -0.2) is 4.98 Å². The van der Waals surface area contributed by atoms with E-state index in [1.54, 1.807) is 0 Å². The lowest BCUT2D eigenvalue weighted by atomic mass is 10.2. The Bertz CT molecular complexity index is 953. The maximum atomic E-state index is 12.8. The van der Waals surface area contributed by atoms with Crippen LogP contribution in [0.1, 0.15) is 21.6 Å². The number of carbonyl (C=O) groups excluding carboxylic acids is 1. The molecule has 1 amide bonds. The molecule has 1 fully saturated rings. The maximum Gasteiger partial charge on any atom is 0.274 e. The van der Waals surface area contributed by atoms with Crippen molar-refractivity contribution in [1.29, 1.82) is 0 Å². The van der Waals surface area contributed by atoms with Gasteiger partial charge >= 0.3 is 0 Å². The number of fused-ring (bicyclic) bond motifs is 1. The molecular formula is C22H24N4O. The second-order valence-electron chi connectivity index (χ2n) is 7.00. The lowest BCUT2D eigenvalue weighted by Crippen LogP contribution is -2.48. The van der Waals surface area contributed by atoms with E-state index in [9.17, 15) is 4.79 Å². The van der Waals surface area contributed by atoms with Crippen LogP contribution in [0.25, 0.3) is 11.7 Å². The SMILES string of the molecule is Cc1ccn2cc(C(=O)N3CCN(CC=Cc4ccccc4)CC3)nc2c1. The van der Waals surface area contributed by atoms with Crippen LogP contribution in [0.3, 0.4) is 0 Å². The predicted octanol–water partition coefficient (Wildman–Crippen LogP) is 3.11. The molecule has 0 radical (unpaired) electrons. The number of hydrogen-bond donors (Lipinski definition) is 0. The molecule has 0 spiro atoms. The molecule has 1 aromatic carbocycles. The Kier molecular flexibility index (Phi) is 5.03. The second kappa shape index (κ2) is 7.76. The molecular weight excluding hydrogens is 336 g/mol. The van der Waals surface area contributed by atoms with Crippen molar-refractivity contribution in [2.75, 3.05) is 32.7 Å². The molecule has 27 heavy (non-hydrogen) atoms. The summed E-state index contributed by atoms with van der Waals surface area (Å²) in [5.41, 5.74) is 3.71. The molecule has 5 nitrogen and oxygen atoms in total. The van der Waals surface area contributed by atoms with Crippen molar-refractivity contribution in [2.45, 2.75) is 6.92 Å². The fraction of sp³-hybridized carbons (Fsp3) is 0.273. The highest BCUT2D eigenvalue weighted by Gasteiger charge is 2.23. The van der Waals surface area contributed by atoms with Gasteiger partial charge in [0, 0.05) is 45.1 Å². The smallest absolute Gasteiger partial charge is 0.274 e. The number of amides is 1. The predicted molar refractivity (Wildman–Crippen MR) is 108 cm³/mol. The molecule has 0 bridgehead atoms. The first-order valence-corrected chi connectivity index (χ1v) is 9.38. The van der Waals surface area contributed by atoms with Gasteiger partial charge in [-0.1, -0.05) is 42.5 Å². The Labute approximate surface area is 159 Å². The Balaban J connectivity index is 1.33. The molecule has 5 heteroatoms. The third-order valence-electron chi connectivity index (χ3n) is 4.97. The van der Waals surface area contributed by atoms with Gasteiger partial charge in [-0.15, -0.1) is 0 Å². The topological polar surface area (TPSA) is 40.9 Å². The van der Waals surface area contributed by atoms with Crippen molar-refractivity contribution in [3.05, 3.63) is 77.8 Å². The zero-order chi connectivity index (χ0) is 18.6. The summed E-state index contributed by atoms with van der Waals surface area (Å²) in [6.07, 6.45) is 8.12. The average Bonchev–Trinajstić information content (AvgIpc) is 3.12. The van der Waals surface area contributed by atoms with Crippen LogP contribution in [0.15, 0.2) is 60.9 Å². The lowest BCUT2D eigenvalue weighted by molar-refractivity contribution is 0.0645. The number of rotatable bonds is 4. The van der Waals surface area contributed by atoms with Crippen LogP contribution in [0.2, 0.25) is 0 Å². The Morgan fingerprint density at radius 1 is 1.11 bits per heavy atom. The molecule has 3 aromatic rings. The van der Waals surface area contributed by atoms with Crippen LogP contribution >= 0.6 is 0 Å². The number of benzene rings is 1. The van der Waals surface area contributed by atoms with Crippen molar-refractivity contribution in [3.8, 4) is 0 Å². The number of piperazine rings is 1. The molecule has 3 heterocycles. The number of imidazole rings is 1. The van der Waals surface area contributed by atoms with Crippen LogP contribution < -0.4 is 0 Å². The zero-order valence-corrected chi connectivity index (χ0v) is 15.6. The van der Waals surface area contributed by atoms with Gasteiger partial charge in [0.15, 0.2) is 0 Å². The molecule has 2 aromatic heterocycles. The highest BCUT2D eigenvalue weighted by Crippen LogP contribution is 2.12. The third-order valence-corrected chi connectivity index (χ3v) is 4.97. The highest BCUT2D eigenvalue weighted by molar-refractivity contribution is 5.93. The van der Waals surface area contributed by atoms with Gasteiger partial charge in [-0.3, -0.25) is 9.69 Å². The fourth-order valence-corrected chi connectivity index (χ4v) is 3.38. The summed E-state index contributed by atoms with van der Waals surface area (Å²) in [6.45, 7) is 6.19. The number of nitrogens with zero attached hydrogens (tertiary/aromatic N) is 4.